The number of aromatic nitrogens is 6. The van der Waals surface area contributed by atoms with Crippen LogP contribution in [0.15, 0.2) is 30.9 Å². The molecule has 0 unspecified atom stereocenters. The minimum Gasteiger partial charge on any atom is -0.473 e. The molecule has 26 heavy (non-hydrogen) atoms. The Hall–Kier alpha value is -2.96. The summed E-state index contributed by atoms with van der Waals surface area (Å²) in [6.07, 6.45) is 7.77. The molecule has 0 spiro atoms. The Morgan fingerprint density at radius 1 is 1.23 bits per heavy atom. The monoisotopic (exact) mass is 348 g/mol. The predicted molar refractivity (Wildman–Crippen MR) is 98.3 cm³/mol. The number of rotatable bonds is 4. The van der Waals surface area contributed by atoms with Crippen LogP contribution in [0.1, 0.15) is 38.6 Å². The Balaban J connectivity index is 1.71. The second-order valence-electron chi connectivity index (χ2n) is 7.08. The van der Waals surface area contributed by atoms with Crippen LogP contribution in [0.25, 0.3) is 27.8 Å². The summed E-state index contributed by atoms with van der Waals surface area (Å²) in [5, 5.41) is 4.31. The van der Waals surface area contributed by atoms with Crippen molar-refractivity contribution in [3.63, 3.8) is 0 Å². The van der Waals surface area contributed by atoms with Crippen molar-refractivity contribution in [1.29, 1.82) is 0 Å². The van der Waals surface area contributed by atoms with E-state index in [1.54, 1.807) is 4.52 Å². The first-order valence-electron chi connectivity index (χ1n) is 8.96. The molecule has 0 N–H and O–H groups in total. The van der Waals surface area contributed by atoms with Crippen molar-refractivity contribution in [2.24, 2.45) is 0 Å². The number of ether oxygens (including phenoxy) is 1. The minimum atomic E-state index is 0.0380. The summed E-state index contributed by atoms with van der Waals surface area (Å²) >= 11 is 0. The molecule has 4 heterocycles. The van der Waals surface area contributed by atoms with Gasteiger partial charge in [0.25, 0.3) is 0 Å². The number of hydrogen-bond acceptors (Lipinski definition) is 5. The lowest BCUT2D eigenvalue weighted by atomic mass is 10.1. The van der Waals surface area contributed by atoms with Crippen LogP contribution in [0, 0.1) is 6.92 Å². The van der Waals surface area contributed by atoms with Gasteiger partial charge in [0.1, 0.15) is 17.7 Å². The third-order valence-electron chi connectivity index (χ3n) is 4.71. The highest BCUT2D eigenvalue weighted by atomic mass is 16.5. The van der Waals surface area contributed by atoms with Crippen molar-refractivity contribution in [3.8, 4) is 17.0 Å². The van der Waals surface area contributed by atoms with Crippen molar-refractivity contribution in [2.75, 3.05) is 0 Å². The summed E-state index contributed by atoms with van der Waals surface area (Å²) < 4.78 is 10.0. The normalized spacial score (nSPS) is 14.6. The molecule has 0 saturated heterocycles. The fourth-order valence-electron chi connectivity index (χ4n) is 3.50. The Kier molecular flexibility index (Phi) is 3.25. The second kappa shape index (κ2) is 5.52. The SMILES string of the molecule is Cc1nc2ncc(-c3ccn4ncnc(OC(C)C)c34)cc2n1C1CC1. The average Bonchev–Trinajstić information content (AvgIpc) is 3.24. The van der Waals surface area contributed by atoms with Crippen molar-refractivity contribution < 1.29 is 4.74 Å². The Morgan fingerprint density at radius 2 is 2.08 bits per heavy atom. The van der Waals surface area contributed by atoms with Gasteiger partial charge in [-0.1, -0.05) is 0 Å². The highest BCUT2D eigenvalue weighted by molar-refractivity contribution is 5.88. The molecule has 1 aliphatic carbocycles. The minimum absolute atomic E-state index is 0.0380. The Bertz CT molecular complexity index is 1120. The van der Waals surface area contributed by atoms with Gasteiger partial charge in [-0.05, 0) is 45.7 Å². The first kappa shape index (κ1) is 15.3. The number of imidazole rings is 1. The van der Waals surface area contributed by atoms with Crippen LogP contribution in [-0.2, 0) is 0 Å². The van der Waals surface area contributed by atoms with Crippen LogP contribution in [-0.4, -0.2) is 35.2 Å². The molecule has 7 nitrogen and oxygen atoms in total. The fourth-order valence-corrected chi connectivity index (χ4v) is 3.50. The molecule has 1 aliphatic rings. The molecule has 0 aromatic carbocycles. The van der Waals surface area contributed by atoms with E-state index in [2.05, 4.69) is 37.6 Å². The number of hydrogen-bond donors (Lipinski definition) is 0. The average molecular weight is 348 g/mol. The van der Waals surface area contributed by atoms with E-state index in [4.69, 9.17) is 4.74 Å². The standard InChI is InChI=1S/C19H20N6O/c1-11(2)26-19-17-15(6-7-24(17)22-10-21-19)13-8-16-18(20-9-13)23-12(3)25(16)14-4-5-14/h6-11,14H,4-5H2,1-3H3. The van der Waals surface area contributed by atoms with E-state index < -0.39 is 0 Å². The molecule has 0 amide bonds. The van der Waals surface area contributed by atoms with Gasteiger partial charge >= 0.3 is 0 Å². The van der Waals surface area contributed by atoms with Crippen molar-refractivity contribution in [3.05, 3.63) is 36.7 Å². The maximum atomic E-state index is 5.90. The smallest absolute Gasteiger partial charge is 0.242 e. The largest absolute Gasteiger partial charge is 0.473 e. The van der Waals surface area contributed by atoms with Crippen molar-refractivity contribution in [2.45, 2.75) is 45.8 Å². The van der Waals surface area contributed by atoms with Gasteiger partial charge in [0.05, 0.1) is 11.6 Å². The number of aryl methyl sites for hydroxylation is 1. The molecule has 0 aliphatic heterocycles. The van der Waals surface area contributed by atoms with Gasteiger partial charge in [-0.25, -0.2) is 14.5 Å². The third-order valence-corrected chi connectivity index (χ3v) is 4.71. The number of fused-ring (bicyclic) bond motifs is 2. The van der Waals surface area contributed by atoms with Crippen LogP contribution in [0.4, 0.5) is 0 Å². The summed E-state index contributed by atoms with van der Waals surface area (Å²) in [4.78, 5) is 13.6. The lowest BCUT2D eigenvalue weighted by Crippen LogP contribution is -2.09. The number of nitrogens with zero attached hydrogens (tertiary/aromatic N) is 6. The maximum Gasteiger partial charge on any atom is 0.242 e. The van der Waals surface area contributed by atoms with Gasteiger partial charge in [0.15, 0.2) is 5.65 Å². The van der Waals surface area contributed by atoms with Gasteiger partial charge in [0, 0.05) is 29.6 Å². The van der Waals surface area contributed by atoms with E-state index in [1.165, 1.54) is 19.2 Å². The van der Waals surface area contributed by atoms with E-state index in [0.29, 0.717) is 11.9 Å². The molecule has 132 valence electrons. The van der Waals surface area contributed by atoms with E-state index in [1.807, 2.05) is 32.3 Å². The van der Waals surface area contributed by atoms with E-state index >= 15 is 0 Å². The topological polar surface area (TPSA) is 70.1 Å². The predicted octanol–water partition coefficient (Wildman–Crippen LogP) is 3.57. The summed E-state index contributed by atoms with van der Waals surface area (Å²) in [5.41, 5.74) is 4.78. The molecule has 0 radical (unpaired) electrons. The first-order valence-corrected chi connectivity index (χ1v) is 8.96. The van der Waals surface area contributed by atoms with Crippen LogP contribution in [0.2, 0.25) is 0 Å². The molecule has 7 heteroatoms. The van der Waals surface area contributed by atoms with Crippen molar-refractivity contribution >= 4 is 16.7 Å². The molecule has 4 aromatic heterocycles. The van der Waals surface area contributed by atoms with Gasteiger partial charge < -0.3 is 9.30 Å². The van der Waals surface area contributed by atoms with Gasteiger partial charge in [0.2, 0.25) is 5.88 Å². The molecule has 0 atom stereocenters. The van der Waals surface area contributed by atoms with Crippen LogP contribution >= 0.6 is 0 Å². The molecule has 1 fully saturated rings. The number of pyridine rings is 1. The van der Waals surface area contributed by atoms with Crippen molar-refractivity contribution in [1.82, 2.24) is 29.1 Å². The van der Waals surface area contributed by atoms with E-state index in [-0.39, 0.29) is 6.10 Å². The van der Waals surface area contributed by atoms with Crippen LogP contribution in [0.3, 0.4) is 0 Å². The summed E-state index contributed by atoms with van der Waals surface area (Å²) in [5.74, 6) is 1.61. The lowest BCUT2D eigenvalue weighted by Gasteiger charge is -2.11. The highest BCUT2D eigenvalue weighted by Gasteiger charge is 2.27. The summed E-state index contributed by atoms with van der Waals surface area (Å²) in [6, 6.07) is 4.76. The Labute approximate surface area is 150 Å². The summed E-state index contributed by atoms with van der Waals surface area (Å²) in [6.45, 7) is 6.04. The zero-order valence-corrected chi connectivity index (χ0v) is 15.0. The molecular weight excluding hydrogens is 328 g/mol. The second-order valence-corrected chi connectivity index (χ2v) is 7.08. The Morgan fingerprint density at radius 3 is 2.85 bits per heavy atom. The van der Waals surface area contributed by atoms with Crippen LogP contribution < -0.4 is 4.74 Å². The van der Waals surface area contributed by atoms with Gasteiger partial charge in [-0.15, -0.1) is 0 Å². The lowest BCUT2D eigenvalue weighted by molar-refractivity contribution is 0.234. The van der Waals surface area contributed by atoms with E-state index in [0.717, 1.165) is 33.6 Å². The molecule has 4 aromatic rings. The summed E-state index contributed by atoms with van der Waals surface area (Å²) in [7, 11) is 0. The van der Waals surface area contributed by atoms with E-state index in [9.17, 15) is 0 Å². The molecular formula is C19H20N6O. The fraction of sp³-hybridized carbons (Fsp3) is 0.368. The zero-order chi connectivity index (χ0) is 17.8. The molecule has 0 bridgehead atoms. The highest BCUT2D eigenvalue weighted by Crippen LogP contribution is 2.39. The quantitative estimate of drug-likeness (QED) is 0.564. The molecule has 5 rings (SSSR count). The maximum absolute atomic E-state index is 5.90. The van der Waals surface area contributed by atoms with Gasteiger partial charge in [-0.3, -0.25) is 0 Å². The zero-order valence-electron chi connectivity index (χ0n) is 15.0. The third kappa shape index (κ3) is 2.34. The molecule has 1 saturated carbocycles. The first-order chi connectivity index (χ1) is 12.6. The van der Waals surface area contributed by atoms with Crippen LogP contribution in [0.5, 0.6) is 5.88 Å². The van der Waals surface area contributed by atoms with Gasteiger partial charge in [-0.2, -0.15) is 10.1 Å².